The third kappa shape index (κ3) is 3.46. The van der Waals surface area contributed by atoms with Gasteiger partial charge in [0, 0.05) is 11.1 Å². The molecule has 0 heterocycles. The fourth-order valence-electron chi connectivity index (χ4n) is 1.50. The number of aldehydes is 1. The van der Waals surface area contributed by atoms with Gasteiger partial charge in [-0.2, -0.15) is 0 Å². The van der Waals surface area contributed by atoms with Gasteiger partial charge in [0.15, 0.2) is 0 Å². The molecule has 0 fully saturated rings. The lowest BCUT2D eigenvalue weighted by Crippen LogP contribution is -1.97. The maximum atomic E-state index is 12.9. The maximum Gasteiger partial charge on any atom is 0.150 e. The number of ether oxygens (including phenoxy) is 1. The second-order valence-electron chi connectivity index (χ2n) is 3.83. The third-order valence-corrected chi connectivity index (χ3v) is 3.14. The second-order valence-corrected chi connectivity index (χ2v) is 4.65. The molecule has 0 atom stereocenters. The van der Waals surface area contributed by atoms with E-state index in [0.717, 1.165) is 0 Å². The third-order valence-electron chi connectivity index (χ3n) is 2.49. The van der Waals surface area contributed by atoms with Crippen LogP contribution in [0.3, 0.4) is 0 Å². The van der Waals surface area contributed by atoms with Crippen molar-refractivity contribution in [1.82, 2.24) is 0 Å². The van der Waals surface area contributed by atoms with Crippen LogP contribution in [0.2, 0.25) is 10.0 Å². The van der Waals surface area contributed by atoms with Crippen LogP contribution in [0.1, 0.15) is 15.9 Å². The summed E-state index contributed by atoms with van der Waals surface area (Å²) in [5.41, 5.74) is 1.12. The molecule has 0 aliphatic heterocycles. The lowest BCUT2D eigenvalue weighted by Gasteiger charge is -2.09. The van der Waals surface area contributed by atoms with Crippen molar-refractivity contribution in [3.05, 3.63) is 63.4 Å². The minimum Gasteiger partial charge on any atom is -0.487 e. The molecule has 5 heteroatoms. The van der Waals surface area contributed by atoms with Crippen molar-refractivity contribution in [3.63, 3.8) is 0 Å². The first kappa shape index (κ1) is 13.8. The summed E-state index contributed by atoms with van der Waals surface area (Å²) in [6.07, 6.45) is 0.701. The quantitative estimate of drug-likeness (QED) is 0.776. The molecule has 0 unspecified atom stereocenters. The van der Waals surface area contributed by atoms with Crippen LogP contribution in [0.5, 0.6) is 5.75 Å². The molecular weight excluding hydrogens is 290 g/mol. The van der Waals surface area contributed by atoms with Gasteiger partial charge in [0.2, 0.25) is 0 Å². The summed E-state index contributed by atoms with van der Waals surface area (Å²) in [5.74, 6) is 0.0368. The molecule has 0 N–H and O–H groups in total. The van der Waals surface area contributed by atoms with E-state index in [2.05, 4.69) is 0 Å². The molecule has 0 aliphatic rings. The van der Waals surface area contributed by atoms with Gasteiger partial charge in [-0.15, -0.1) is 0 Å². The monoisotopic (exact) mass is 298 g/mol. The molecule has 98 valence electrons. The highest BCUT2D eigenvalue weighted by molar-refractivity contribution is 6.32. The molecule has 0 radical (unpaired) electrons. The molecule has 19 heavy (non-hydrogen) atoms. The fourth-order valence-corrected chi connectivity index (χ4v) is 1.97. The number of halogens is 3. The van der Waals surface area contributed by atoms with Crippen LogP contribution in [-0.2, 0) is 6.61 Å². The zero-order valence-corrected chi connectivity index (χ0v) is 11.2. The Morgan fingerprint density at radius 3 is 2.53 bits per heavy atom. The highest BCUT2D eigenvalue weighted by Crippen LogP contribution is 2.27. The summed E-state index contributed by atoms with van der Waals surface area (Å²) >= 11 is 11.8. The van der Waals surface area contributed by atoms with Crippen molar-refractivity contribution in [2.45, 2.75) is 6.61 Å². The molecule has 2 aromatic carbocycles. The number of rotatable bonds is 4. The Morgan fingerprint density at radius 1 is 1.11 bits per heavy atom. The molecule has 0 amide bonds. The number of carbonyl (C=O) groups excluding carboxylic acids is 1. The van der Waals surface area contributed by atoms with Gasteiger partial charge >= 0.3 is 0 Å². The van der Waals surface area contributed by atoms with E-state index in [4.69, 9.17) is 27.9 Å². The van der Waals surface area contributed by atoms with Crippen molar-refractivity contribution in [2.75, 3.05) is 0 Å². The molecule has 2 aromatic rings. The summed E-state index contributed by atoms with van der Waals surface area (Å²) in [4.78, 5) is 10.6. The smallest absolute Gasteiger partial charge is 0.150 e. The van der Waals surface area contributed by atoms with E-state index in [9.17, 15) is 9.18 Å². The lowest BCUT2D eigenvalue weighted by atomic mass is 10.2. The van der Waals surface area contributed by atoms with Crippen LogP contribution in [0, 0.1) is 5.82 Å². The van der Waals surface area contributed by atoms with E-state index in [-0.39, 0.29) is 6.61 Å². The molecule has 2 nitrogen and oxygen atoms in total. The Kier molecular flexibility index (Phi) is 4.40. The summed E-state index contributed by atoms with van der Waals surface area (Å²) in [5, 5.41) is 0.628. The van der Waals surface area contributed by atoms with Crippen LogP contribution in [0.15, 0.2) is 36.4 Å². The van der Waals surface area contributed by atoms with E-state index in [0.29, 0.717) is 33.2 Å². The molecule has 0 bridgehead atoms. The van der Waals surface area contributed by atoms with Crippen molar-refractivity contribution >= 4 is 29.5 Å². The predicted octanol–water partition coefficient (Wildman–Crippen LogP) is 4.52. The minimum absolute atomic E-state index is 0.166. The standard InChI is InChI=1S/C14H9Cl2FO2/c15-12-6-11(17)3-2-10(12)8-19-14-4-1-9(7-18)5-13(14)16/h1-7H,8H2. The lowest BCUT2D eigenvalue weighted by molar-refractivity contribution is 0.112. The van der Waals surface area contributed by atoms with E-state index in [1.54, 1.807) is 18.2 Å². The van der Waals surface area contributed by atoms with Gasteiger partial charge in [0.1, 0.15) is 24.5 Å². The van der Waals surface area contributed by atoms with Crippen LogP contribution in [0.4, 0.5) is 4.39 Å². The summed E-state index contributed by atoms with van der Waals surface area (Å²) in [7, 11) is 0. The van der Waals surface area contributed by atoms with Gasteiger partial charge in [-0.1, -0.05) is 29.3 Å². The summed E-state index contributed by atoms with van der Waals surface area (Å²) in [6.45, 7) is 0.166. The van der Waals surface area contributed by atoms with Gasteiger partial charge in [-0.3, -0.25) is 4.79 Å². The van der Waals surface area contributed by atoms with Crippen molar-refractivity contribution in [1.29, 1.82) is 0 Å². The Bertz CT molecular complexity index is 614. The predicted molar refractivity (Wildman–Crippen MR) is 72.6 cm³/mol. The van der Waals surface area contributed by atoms with E-state index in [1.165, 1.54) is 18.2 Å². The molecular formula is C14H9Cl2FO2. The van der Waals surface area contributed by atoms with E-state index < -0.39 is 5.82 Å². The first-order valence-electron chi connectivity index (χ1n) is 5.41. The summed E-state index contributed by atoms with van der Waals surface area (Å²) in [6, 6.07) is 8.78. The Morgan fingerprint density at radius 2 is 1.89 bits per heavy atom. The van der Waals surface area contributed by atoms with Crippen LogP contribution in [0.25, 0.3) is 0 Å². The number of carbonyl (C=O) groups is 1. The minimum atomic E-state index is -0.401. The van der Waals surface area contributed by atoms with Gasteiger partial charge in [-0.05, 0) is 30.3 Å². The Hall–Kier alpha value is -1.58. The van der Waals surface area contributed by atoms with Crippen molar-refractivity contribution in [2.24, 2.45) is 0 Å². The average Bonchev–Trinajstić information content (AvgIpc) is 2.39. The Balaban J connectivity index is 2.12. The molecule has 0 saturated heterocycles. The maximum absolute atomic E-state index is 12.9. The van der Waals surface area contributed by atoms with Gasteiger partial charge in [0.25, 0.3) is 0 Å². The van der Waals surface area contributed by atoms with Crippen molar-refractivity contribution in [3.8, 4) is 5.75 Å². The van der Waals surface area contributed by atoms with Gasteiger partial charge in [0.05, 0.1) is 10.0 Å². The number of benzene rings is 2. The fraction of sp³-hybridized carbons (Fsp3) is 0.0714. The SMILES string of the molecule is O=Cc1ccc(OCc2ccc(F)cc2Cl)c(Cl)c1. The zero-order chi connectivity index (χ0) is 13.8. The van der Waals surface area contributed by atoms with Gasteiger partial charge < -0.3 is 4.74 Å². The highest BCUT2D eigenvalue weighted by atomic mass is 35.5. The highest BCUT2D eigenvalue weighted by Gasteiger charge is 2.06. The van der Waals surface area contributed by atoms with E-state index >= 15 is 0 Å². The number of hydrogen-bond donors (Lipinski definition) is 0. The first-order valence-corrected chi connectivity index (χ1v) is 6.17. The van der Waals surface area contributed by atoms with Crippen LogP contribution >= 0.6 is 23.2 Å². The van der Waals surface area contributed by atoms with Gasteiger partial charge in [-0.25, -0.2) is 4.39 Å². The first-order chi connectivity index (χ1) is 9.10. The topological polar surface area (TPSA) is 26.3 Å². The molecule has 0 saturated carbocycles. The molecule has 0 spiro atoms. The molecule has 0 aliphatic carbocycles. The molecule has 0 aromatic heterocycles. The normalized spacial score (nSPS) is 10.3. The average molecular weight is 299 g/mol. The van der Waals surface area contributed by atoms with Crippen LogP contribution in [-0.4, -0.2) is 6.29 Å². The van der Waals surface area contributed by atoms with Crippen LogP contribution < -0.4 is 4.74 Å². The molecule has 2 rings (SSSR count). The zero-order valence-electron chi connectivity index (χ0n) is 9.70. The summed E-state index contributed by atoms with van der Waals surface area (Å²) < 4.78 is 18.4. The van der Waals surface area contributed by atoms with Crippen molar-refractivity contribution < 1.29 is 13.9 Å². The van der Waals surface area contributed by atoms with E-state index in [1.807, 2.05) is 0 Å². The second kappa shape index (κ2) is 6.04. The Labute approximate surface area is 119 Å². The largest absolute Gasteiger partial charge is 0.487 e. The number of hydrogen-bond acceptors (Lipinski definition) is 2.